The molecule has 0 radical (unpaired) electrons. The molecule has 0 spiro atoms. The minimum absolute atomic E-state index is 0.0557. The zero-order valence-corrected chi connectivity index (χ0v) is 19.4. The molecule has 0 aliphatic carbocycles. The predicted octanol–water partition coefficient (Wildman–Crippen LogP) is 4.21. The van der Waals surface area contributed by atoms with Crippen LogP contribution in [-0.4, -0.2) is 43.1 Å². The van der Waals surface area contributed by atoms with E-state index in [1.165, 1.54) is 5.56 Å². The highest BCUT2D eigenvalue weighted by Gasteiger charge is 2.33. The van der Waals surface area contributed by atoms with E-state index in [1.807, 2.05) is 51.1 Å². The molecule has 1 amide bonds. The average molecular weight is 426 g/mol. The number of ether oxygens (including phenoxy) is 2. The smallest absolute Gasteiger partial charge is 0.225 e. The number of likely N-dealkylation sites (tertiary alicyclic amines) is 1. The Hall–Kier alpha value is -2.60. The van der Waals surface area contributed by atoms with Crippen LogP contribution in [0.2, 0.25) is 0 Å². The Labute approximate surface area is 186 Å². The first kappa shape index (κ1) is 23.1. The molecule has 0 bridgehead atoms. The van der Waals surface area contributed by atoms with E-state index in [1.54, 1.807) is 20.4 Å². The summed E-state index contributed by atoms with van der Waals surface area (Å²) in [6.45, 7) is 8.61. The Bertz CT molecular complexity index is 864. The second-order valence-electron chi connectivity index (χ2n) is 9.28. The standard InChI is InChI=1S/C25H35N3O3/c1-25(2,3)24(29)27-23(20-10-6-7-13-26-20)19-9-8-14-28(17-19)16-18-11-12-21(30-4)22(15-18)31-5/h6-7,10-13,15,19,23H,8-9,14,16-17H2,1-5H3,(H,27,29)/t19-,23+/m0/s1. The van der Waals surface area contributed by atoms with Crippen LogP contribution in [0.1, 0.15) is 50.9 Å². The van der Waals surface area contributed by atoms with Gasteiger partial charge in [0.1, 0.15) is 0 Å². The molecule has 168 valence electrons. The van der Waals surface area contributed by atoms with E-state index in [0.29, 0.717) is 5.92 Å². The maximum absolute atomic E-state index is 12.8. The number of nitrogens with zero attached hydrogens (tertiary/aromatic N) is 2. The molecule has 31 heavy (non-hydrogen) atoms. The number of carbonyl (C=O) groups excluding carboxylic acids is 1. The molecule has 2 heterocycles. The highest BCUT2D eigenvalue weighted by atomic mass is 16.5. The maximum atomic E-state index is 12.8. The Balaban J connectivity index is 1.76. The molecule has 0 unspecified atom stereocenters. The topological polar surface area (TPSA) is 63.7 Å². The molecular formula is C25H35N3O3. The number of piperidine rings is 1. The summed E-state index contributed by atoms with van der Waals surface area (Å²) in [5, 5.41) is 3.30. The second kappa shape index (κ2) is 10.1. The molecule has 1 aliphatic heterocycles. The molecule has 1 aliphatic rings. The monoisotopic (exact) mass is 425 g/mol. The van der Waals surface area contributed by atoms with Gasteiger partial charge in [-0.3, -0.25) is 14.7 Å². The summed E-state index contributed by atoms with van der Waals surface area (Å²) in [4.78, 5) is 19.8. The average Bonchev–Trinajstić information content (AvgIpc) is 2.77. The molecule has 0 saturated carbocycles. The number of rotatable bonds is 7. The Morgan fingerprint density at radius 1 is 1.19 bits per heavy atom. The van der Waals surface area contributed by atoms with E-state index >= 15 is 0 Å². The van der Waals surface area contributed by atoms with Gasteiger partial charge in [0.25, 0.3) is 0 Å². The number of amides is 1. The number of benzene rings is 1. The summed E-state index contributed by atoms with van der Waals surface area (Å²) in [6.07, 6.45) is 3.95. The Kier molecular flexibility index (Phi) is 7.55. The van der Waals surface area contributed by atoms with Crippen molar-refractivity contribution in [1.82, 2.24) is 15.2 Å². The number of pyridine rings is 1. The van der Waals surface area contributed by atoms with Gasteiger partial charge in [0.15, 0.2) is 11.5 Å². The molecule has 1 fully saturated rings. The summed E-state index contributed by atoms with van der Waals surface area (Å²) in [5.74, 6) is 1.84. The first-order valence-electron chi connectivity index (χ1n) is 11.0. The number of hydrogen-bond donors (Lipinski definition) is 1. The van der Waals surface area contributed by atoms with Crippen LogP contribution in [0.15, 0.2) is 42.6 Å². The Morgan fingerprint density at radius 2 is 1.97 bits per heavy atom. The molecular weight excluding hydrogens is 390 g/mol. The van der Waals surface area contributed by atoms with E-state index in [9.17, 15) is 4.79 Å². The third kappa shape index (κ3) is 5.97. The van der Waals surface area contributed by atoms with Crippen molar-refractivity contribution < 1.29 is 14.3 Å². The SMILES string of the molecule is COc1ccc(CN2CCC[C@H]([C@@H](NC(=O)C(C)(C)C)c3ccccn3)C2)cc1OC. The molecule has 1 aromatic heterocycles. The van der Waals surface area contributed by atoms with Gasteiger partial charge in [-0.1, -0.05) is 32.9 Å². The van der Waals surface area contributed by atoms with Crippen LogP contribution in [0.4, 0.5) is 0 Å². The van der Waals surface area contributed by atoms with Gasteiger partial charge >= 0.3 is 0 Å². The zero-order chi connectivity index (χ0) is 22.4. The molecule has 3 rings (SSSR count). The molecule has 1 aromatic carbocycles. The summed E-state index contributed by atoms with van der Waals surface area (Å²) >= 11 is 0. The number of carbonyl (C=O) groups is 1. The van der Waals surface area contributed by atoms with Crippen molar-refractivity contribution in [2.75, 3.05) is 27.3 Å². The van der Waals surface area contributed by atoms with Gasteiger partial charge in [-0.2, -0.15) is 0 Å². The third-order valence-corrected chi connectivity index (χ3v) is 5.84. The van der Waals surface area contributed by atoms with E-state index in [-0.39, 0.29) is 11.9 Å². The minimum Gasteiger partial charge on any atom is -0.493 e. The predicted molar refractivity (Wildman–Crippen MR) is 122 cm³/mol. The van der Waals surface area contributed by atoms with Crippen LogP contribution in [0.25, 0.3) is 0 Å². The third-order valence-electron chi connectivity index (χ3n) is 5.84. The first-order valence-corrected chi connectivity index (χ1v) is 11.0. The lowest BCUT2D eigenvalue weighted by Crippen LogP contribution is -2.45. The van der Waals surface area contributed by atoms with E-state index in [0.717, 1.165) is 49.7 Å². The van der Waals surface area contributed by atoms with Gasteiger partial charge in [-0.15, -0.1) is 0 Å². The van der Waals surface area contributed by atoms with Crippen molar-refractivity contribution in [2.24, 2.45) is 11.3 Å². The van der Waals surface area contributed by atoms with Gasteiger partial charge < -0.3 is 14.8 Å². The van der Waals surface area contributed by atoms with E-state index < -0.39 is 5.41 Å². The van der Waals surface area contributed by atoms with Crippen LogP contribution in [0.3, 0.4) is 0 Å². The molecule has 2 atom stereocenters. The normalized spacial score (nSPS) is 18.3. The van der Waals surface area contributed by atoms with Crippen molar-refractivity contribution >= 4 is 5.91 Å². The molecule has 6 nitrogen and oxygen atoms in total. The Morgan fingerprint density at radius 3 is 2.61 bits per heavy atom. The fourth-order valence-electron chi connectivity index (χ4n) is 4.10. The fourth-order valence-corrected chi connectivity index (χ4v) is 4.10. The van der Waals surface area contributed by atoms with Crippen LogP contribution in [-0.2, 0) is 11.3 Å². The van der Waals surface area contributed by atoms with Crippen LogP contribution in [0, 0.1) is 11.3 Å². The highest BCUT2D eigenvalue weighted by molar-refractivity contribution is 5.81. The lowest BCUT2D eigenvalue weighted by atomic mass is 9.86. The summed E-state index contributed by atoms with van der Waals surface area (Å²) in [6, 6.07) is 11.9. The van der Waals surface area contributed by atoms with Gasteiger partial charge in [-0.25, -0.2) is 0 Å². The van der Waals surface area contributed by atoms with Gasteiger partial charge in [0.05, 0.1) is 26.0 Å². The largest absolute Gasteiger partial charge is 0.493 e. The number of hydrogen-bond acceptors (Lipinski definition) is 5. The molecule has 2 aromatic rings. The fraction of sp³-hybridized carbons (Fsp3) is 0.520. The first-order chi connectivity index (χ1) is 14.8. The maximum Gasteiger partial charge on any atom is 0.225 e. The van der Waals surface area contributed by atoms with Crippen molar-refractivity contribution in [3.8, 4) is 11.5 Å². The van der Waals surface area contributed by atoms with Crippen LogP contribution in [0.5, 0.6) is 11.5 Å². The summed E-state index contributed by atoms with van der Waals surface area (Å²) in [5.41, 5.74) is 1.67. The summed E-state index contributed by atoms with van der Waals surface area (Å²) < 4.78 is 10.8. The summed E-state index contributed by atoms with van der Waals surface area (Å²) in [7, 11) is 3.31. The molecule has 6 heteroatoms. The van der Waals surface area contributed by atoms with Crippen LogP contribution < -0.4 is 14.8 Å². The minimum atomic E-state index is -0.443. The molecule has 1 saturated heterocycles. The quantitative estimate of drug-likeness (QED) is 0.720. The van der Waals surface area contributed by atoms with Crippen LogP contribution >= 0.6 is 0 Å². The lowest BCUT2D eigenvalue weighted by molar-refractivity contribution is -0.130. The number of methoxy groups -OCH3 is 2. The lowest BCUT2D eigenvalue weighted by Gasteiger charge is -2.38. The van der Waals surface area contributed by atoms with E-state index in [4.69, 9.17) is 9.47 Å². The number of nitrogens with one attached hydrogen (secondary N) is 1. The number of aromatic nitrogens is 1. The van der Waals surface area contributed by atoms with Gasteiger partial charge in [-0.05, 0) is 55.1 Å². The van der Waals surface area contributed by atoms with Gasteiger partial charge in [0.2, 0.25) is 5.91 Å². The van der Waals surface area contributed by atoms with Crippen molar-refractivity contribution in [3.63, 3.8) is 0 Å². The van der Waals surface area contributed by atoms with Crippen molar-refractivity contribution in [1.29, 1.82) is 0 Å². The van der Waals surface area contributed by atoms with Crippen molar-refractivity contribution in [2.45, 2.75) is 46.2 Å². The second-order valence-corrected chi connectivity index (χ2v) is 9.28. The molecule has 1 N–H and O–H groups in total. The zero-order valence-electron chi connectivity index (χ0n) is 19.4. The highest BCUT2D eigenvalue weighted by Crippen LogP contribution is 2.32. The van der Waals surface area contributed by atoms with E-state index in [2.05, 4.69) is 21.3 Å². The van der Waals surface area contributed by atoms with Gasteiger partial charge in [0, 0.05) is 24.7 Å². The van der Waals surface area contributed by atoms with Crippen molar-refractivity contribution in [3.05, 3.63) is 53.9 Å².